The lowest BCUT2D eigenvalue weighted by molar-refractivity contribution is -0.117. The third-order valence-electron chi connectivity index (χ3n) is 4.91. The SMILES string of the molecule is CSc1cccc(NC(=O)C2CCc3sc(NC(=O)c4ccc(C)cc4)nc32)c1. The van der Waals surface area contributed by atoms with Crippen molar-refractivity contribution in [1.82, 2.24) is 4.98 Å². The van der Waals surface area contributed by atoms with Crippen LogP contribution in [0.2, 0.25) is 0 Å². The van der Waals surface area contributed by atoms with Crippen LogP contribution in [0, 0.1) is 6.92 Å². The minimum atomic E-state index is -0.288. The van der Waals surface area contributed by atoms with E-state index in [4.69, 9.17) is 0 Å². The number of anilines is 2. The van der Waals surface area contributed by atoms with Gasteiger partial charge < -0.3 is 5.32 Å². The first kappa shape index (κ1) is 19.7. The van der Waals surface area contributed by atoms with E-state index in [0.29, 0.717) is 10.7 Å². The summed E-state index contributed by atoms with van der Waals surface area (Å²) in [6, 6.07) is 15.2. The van der Waals surface area contributed by atoms with Crippen molar-refractivity contribution in [3.05, 3.63) is 70.2 Å². The average molecular weight is 424 g/mol. The summed E-state index contributed by atoms with van der Waals surface area (Å²) in [7, 11) is 0. The van der Waals surface area contributed by atoms with Gasteiger partial charge in [-0.1, -0.05) is 23.8 Å². The molecule has 1 unspecified atom stereocenters. The molecule has 1 aliphatic rings. The quantitative estimate of drug-likeness (QED) is 0.561. The van der Waals surface area contributed by atoms with E-state index in [0.717, 1.165) is 39.6 Å². The number of nitrogens with zero attached hydrogens (tertiary/aromatic N) is 1. The van der Waals surface area contributed by atoms with Gasteiger partial charge in [-0.05, 0) is 56.4 Å². The van der Waals surface area contributed by atoms with E-state index in [-0.39, 0.29) is 17.7 Å². The molecule has 0 saturated heterocycles. The van der Waals surface area contributed by atoms with Gasteiger partial charge in [0.25, 0.3) is 5.91 Å². The summed E-state index contributed by atoms with van der Waals surface area (Å²) >= 11 is 3.09. The zero-order valence-corrected chi connectivity index (χ0v) is 17.8. The maximum Gasteiger partial charge on any atom is 0.257 e. The Morgan fingerprint density at radius 2 is 1.93 bits per heavy atom. The minimum absolute atomic E-state index is 0.0521. The van der Waals surface area contributed by atoms with Crippen molar-refractivity contribution in [3.63, 3.8) is 0 Å². The highest BCUT2D eigenvalue weighted by molar-refractivity contribution is 7.98. The fourth-order valence-corrected chi connectivity index (χ4v) is 4.83. The highest BCUT2D eigenvalue weighted by Crippen LogP contribution is 2.39. The van der Waals surface area contributed by atoms with Gasteiger partial charge in [0.15, 0.2) is 5.13 Å². The molecule has 0 fully saturated rings. The van der Waals surface area contributed by atoms with Gasteiger partial charge in [-0.15, -0.1) is 23.1 Å². The van der Waals surface area contributed by atoms with Crippen molar-refractivity contribution in [2.45, 2.75) is 30.6 Å². The Balaban J connectivity index is 1.46. The predicted molar refractivity (Wildman–Crippen MR) is 119 cm³/mol. The lowest BCUT2D eigenvalue weighted by atomic mass is 10.1. The summed E-state index contributed by atoms with van der Waals surface area (Å²) in [6.45, 7) is 1.98. The molecule has 0 saturated carbocycles. The standard InChI is InChI=1S/C22H21N3O2S2/c1-13-6-8-14(9-7-13)20(26)25-22-24-19-17(10-11-18(19)29-22)21(27)23-15-4-3-5-16(12-15)28-2/h3-9,12,17H,10-11H2,1-2H3,(H,23,27)(H,24,25,26). The summed E-state index contributed by atoms with van der Waals surface area (Å²) in [4.78, 5) is 32.0. The van der Waals surface area contributed by atoms with Crippen LogP contribution in [-0.4, -0.2) is 23.1 Å². The van der Waals surface area contributed by atoms with Crippen LogP contribution in [0.15, 0.2) is 53.4 Å². The fourth-order valence-electron chi connectivity index (χ4n) is 3.34. The second-order valence-electron chi connectivity index (χ2n) is 6.96. The number of hydrogen-bond acceptors (Lipinski definition) is 5. The van der Waals surface area contributed by atoms with Gasteiger partial charge >= 0.3 is 0 Å². The Morgan fingerprint density at radius 3 is 2.69 bits per heavy atom. The van der Waals surface area contributed by atoms with Crippen molar-refractivity contribution >= 4 is 45.7 Å². The molecule has 148 valence electrons. The van der Waals surface area contributed by atoms with Crippen LogP contribution in [0.5, 0.6) is 0 Å². The zero-order valence-electron chi connectivity index (χ0n) is 16.2. The molecular weight excluding hydrogens is 402 g/mol. The fraction of sp³-hybridized carbons (Fsp3) is 0.227. The van der Waals surface area contributed by atoms with Gasteiger partial charge in [0.2, 0.25) is 5.91 Å². The van der Waals surface area contributed by atoms with E-state index in [1.165, 1.54) is 11.3 Å². The van der Waals surface area contributed by atoms with Crippen LogP contribution < -0.4 is 10.6 Å². The number of rotatable bonds is 5. The molecule has 2 aromatic carbocycles. The van der Waals surface area contributed by atoms with E-state index in [1.54, 1.807) is 23.9 Å². The van der Waals surface area contributed by atoms with Crippen molar-refractivity contribution in [2.75, 3.05) is 16.9 Å². The van der Waals surface area contributed by atoms with Crippen LogP contribution in [0.3, 0.4) is 0 Å². The third-order valence-corrected chi connectivity index (χ3v) is 6.68. The number of hydrogen-bond donors (Lipinski definition) is 2. The van der Waals surface area contributed by atoms with Crippen LogP contribution in [0.25, 0.3) is 0 Å². The largest absolute Gasteiger partial charge is 0.325 e. The van der Waals surface area contributed by atoms with Gasteiger partial charge in [0.1, 0.15) is 0 Å². The molecule has 0 radical (unpaired) electrons. The van der Waals surface area contributed by atoms with Gasteiger partial charge in [0, 0.05) is 21.0 Å². The number of benzene rings is 2. The Morgan fingerprint density at radius 1 is 1.14 bits per heavy atom. The van der Waals surface area contributed by atoms with Crippen molar-refractivity contribution < 1.29 is 9.59 Å². The minimum Gasteiger partial charge on any atom is -0.325 e. The molecule has 29 heavy (non-hydrogen) atoms. The summed E-state index contributed by atoms with van der Waals surface area (Å²) in [5, 5.41) is 6.41. The topological polar surface area (TPSA) is 71.1 Å². The van der Waals surface area contributed by atoms with E-state index in [9.17, 15) is 9.59 Å². The Hall–Kier alpha value is -2.64. The van der Waals surface area contributed by atoms with Crippen LogP contribution >= 0.6 is 23.1 Å². The number of carbonyl (C=O) groups is 2. The van der Waals surface area contributed by atoms with Crippen LogP contribution in [0.1, 0.15) is 38.8 Å². The summed E-state index contributed by atoms with van der Waals surface area (Å²) < 4.78 is 0. The first-order valence-electron chi connectivity index (χ1n) is 9.36. The monoisotopic (exact) mass is 423 g/mol. The van der Waals surface area contributed by atoms with Gasteiger partial charge in [-0.3, -0.25) is 14.9 Å². The number of aryl methyl sites for hydroxylation is 2. The highest BCUT2D eigenvalue weighted by atomic mass is 32.2. The summed E-state index contributed by atoms with van der Waals surface area (Å²) in [5.74, 6) is -0.528. The highest BCUT2D eigenvalue weighted by Gasteiger charge is 2.33. The van der Waals surface area contributed by atoms with E-state index < -0.39 is 0 Å². The molecule has 4 rings (SSSR count). The lowest BCUT2D eigenvalue weighted by Gasteiger charge is -2.11. The van der Waals surface area contributed by atoms with Gasteiger partial charge in [-0.2, -0.15) is 0 Å². The van der Waals surface area contributed by atoms with E-state index in [1.807, 2.05) is 49.6 Å². The number of fused-ring (bicyclic) bond motifs is 1. The smallest absolute Gasteiger partial charge is 0.257 e. The molecule has 1 heterocycles. The molecule has 1 atom stereocenters. The number of aromatic nitrogens is 1. The second-order valence-corrected chi connectivity index (χ2v) is 8.92. The lowest BCUT2D eigenvalue weighted by Crippen LogP contribution is -2.20. The third kappa shape index (κ3) is 4.36. The maximum absolute atomic E-state index is 12.8. The Bertz CT molecular complexity index is 1060. The molecule has 0 spiro atoms. The van der Waals surface area contributed by atoms with Crippen molar-refractivity contribution in [2.24, 2.45) is 0 Å². The summed E-state index contributed by atoms with van der Waals surface area (Å²) in [6.07, 6.45) is 3.55. The summed E-state index contributed by atoms with van der Waals surface area (Å²) in [5.41, 5.74) is 3.27. The molecule has 2 amide bonds. The molecule has 1 aliphatic carbocycles. The molecule has 7 heteroatoms. The average Bonchev–Trinajstić information content (AvgIpc) is 3.28. The van der Waals surface area contributed by atoms with Gasteiger partial charge in [0.05, 0.1) is 11.6 Å². The number of carbonyl (C=O) groups excluding carboxylic acids is 2. The molecule has 0 aliphatic heterocycles. The molecule has 2 N–H and O–H groups in total. The first-order valence-corrected chi connectivity index (χ1v) is 11.4. The Kier molecular flexibility index (Phi) is 5.69. The predicted octanol–water partition coefficient (Wildman–Crippen LogP) is 5.09. The number of thiazole rings is 1. The van der Waals surface area contributed by atoms with Crippen LogP contribution in [-0.2, 0) is 11.2 Å². The molecule has 0 bridgehead atoms. The number of amides is 2. The molecular formula is C22H21N3O2S2. The normalized spacial score (nSPS) is 15.0. The van der Waals surface area contributed by atoms with Crippen molar-refractivity contribution in [3.8, 4) is 0 Å². The molecule has 3 aromatic rings. The number of nitrogens with one attached hydrogen (secondary N) is 2. The first-order chi connectivity index (χ1) is 14.0. The van der Waals surface area contributed by atoms with E-state index >= 15 is 0 Å². The number of thioether (sulfide) groups is 1. The van der Waals surface area contributed by atoms with Gasteiger partial charge in [-0.25, -0.2) is 4.98 Å². The molecule has 1 aromatic heterocycles. The van der Waals surface area contributed by atoms with Crippen LogP contribution in [0.4, 0.5) is 10.8 Å². The second kappa shape index (κ2) is 8.39. The Labute approximate surface area is 178 Å². The maximum atomic E-state index is 12.8. The van der Waals surface area contributed by atoms with E-state index in [2.05, 4.69) is 15.6 Å². The zero-order chi connectivity index (χ0) is 20.4. The molecule has 5 nitrogen and oxygen atoms in total. The van der Waals surface area contributed by atoms with Crippen molar-refractivity contribution in [1.29, 1.82) is 0 Å².